The molecule has 2 aliphatic rings. The predicted octanol–water partition coefficient (Wildman–Crippen LogP) is 4.08. The van der Waals surface area contributed by atoms with Gasteiger partial charge >= 0.3 is 6.18 Å². The van der Waals surface area contributed by atoms with Crippen LogP contribution in [-0.4, -0.2) is 40.4 Å². The lowest BCUT2D eigenvalue weighted by Crippen LogP contribution is -2.42. The van der Waals surface area contributed by atoms with Crippen molar-refractivity contribution in [2.45, 2.75) is 37.9 Å². The van der Waals surface area contributed by atoms with Gasteiger partial charge in [-0.15, -0.1) is 0 Å². The maximum atomic E-state index is 13.1. The number of carbonyl (C=O) groups is 1. The molecule has 4 rings (SSSR count). The molecule has 2 fully saturated rings. The highest BCUT2D eigenvalue weighted by Gasteiger charge is 2.36. The van der Waals surface area contributed by atoms with Crippen LogP contribution in [0.4, 0.5) is 19.0 Å². The molecule has 8 heteroatoms. The normalized spacial score (nSPS) is 20.9. The molecule has 0 aromatic carbocycles. The number of pyridine rings is 2. The molecule has 2 saturated heterocycles. The van der Waals surface area contributed by atoms with Gasteiger partial charge in [-0.2, -0.15) is 13.2 Å². The smallest absolute Gasteiger partial charge is 0.357 e. The Bertz CT molecular complexity index is 833. The summed E-state index contributed by atoms with van der Waals surface area (Å²) in [7, 11) is 0. The molecule has 0 N–H and O–H groups in total. The van der Waals surface area contributed by atoms with Crippen LogP contribution in [0.5, 0.6) is 0 Å². The highest BCUT2D eigenvalue weighted by Crippen LogP contribution is 2.35. The molecule has 4 heterocycles. The van der Waals surface area contributed by atoms with Gasteiger partial charge in [-0.1, -0.05) is 0 Å². The first-order valence-electron chi connectivity index (χ1n) is 9.92. The van der Waals surface area contributed by atoms with E-state index < -0.39 is 11.7 Å². The van der Waals surface area contributed by atoms with E-state index in [4.69, 9.17) is 0 Å². The number of anilines is 1. The molecule has 1 atom stereocenters. The van der Waals surface area contributed by atoms with Crippen molar-refractivity contribution in [3.8, 4) is 0 Å². The average molecular weight is 404 g/mol. The molecule has 0 spiro atoms. The summed E-state index contributed by atoms with van der Waals surface area (Å²) in [4.78, 5) is 25.1. The van der Waals surface area contributed by atoms with Gasteiger partial charge in [0, 0.05) is 44.1 Å². The van der Waals surface area contributed by atoms with Crippen LogP contribution in [0.2, 0.25) is 0 Å². The topological polar surface area (TPSA) is 49.3 Å². The van der Waals surface area contributed by atoms with E-state index >= 15 is 0 Å². The van der Waals surface area contributed by atoms with Gasteiger partial charge in [-0.3, -0.25) is 9.78 Å². The lowest BCUT2D eigenvalue weighted by Gasteiger charge is -2.35. The first-order valence-corrected chi connectivity index (χ1v) is 9.92. The summed E-state index contributed by atoms with van der Waals surface area (Å²) in [6.07, 6.45) is 3.32. The van der Waals surface area contributed by atoms with Crippen molar-refractivity contribution in [3.63, 3.8) is 0 Å². The van der Waals surface area contributed by atoms with Gasteiger partial charge in [0.15, 0.2) is 0 Å². The Balaban J connectivity index is 1.37. The van der Waals surface area contributed by atoms with Gasteiger partial charge in [0.1, 0.15) is 5.82 Å². The summed E-state index contributed by atoms with van der Waals surface area (Å²) in [5.74, 6) is 0.659. The van der Waals surface area contributed by atoms with Crippen molar-refractivity contribution in [1.82, 2.24) is 14.9 Å². The van der Waals surface area contributed by atoms with Crippen LogP contribution in [0, 0.1) is 5.92 Å². The fourth-order valence-corrected chi connectivity index (χ4v) is 4.29. The number of rotatable bonds is 3. The van der Waals surface area contributed by atoms with Crippen molar-refractivity contribution in [2.75, 3.05) is 24.5 Å². The zero-order chi connectivity index (χ0) is 20.4. The van der Waals surface area contributed by atoms with Crippen molar-refractivity contribution < 1.29 is 18.0 Å². The summed E-state index contributed by atoms with van der Waals surface area (Å²) < 4.78 is 38.1. The largest absolute Gasteiger partial charge is 0.417 e. The predicted molar refractivity (Wildman–Crippen MR) is 102 cm³/mol. The van der Waals surface area contributed by atoms with Crippen LogP contribution in [-0.2, 0) is 11.0 Å². The number of hydrogen-bond donors (Lipinski definition) is 0. The number of hydrogen-bond acceptors (Lipinski definition) is 4. The van der Waals surface area contributed by atoms with Crippen molar-refractivity contribution in [2.24, 2.45) is 5.92 Å². The second kappa shape index (κ2) is 8.00. The molecular weight excluding hydrogens is 381 g/mol. The molecule has 0 saturated carbocycles. The Morgan fingerprint density at radius 2 is 1.72 bits per heavy atom. The number of halogens is 3. The molecule has 2 aliphatic heterocycles. The van der Waals surface area contributed by atoms with E-state index in [0.29, 0.717) is 31.7 Å². The molecular formula is C21H23F3N4O. The van der Waals surface area contributed by atoms with Crippen LogP contribution in [0.3, 0.4) is 0 Å². The quantitative estimate of drug-likeness (QED) is 0.774. The minimum atomic E-state index is -4.38. The molecule has 0 unspecified atom stereocenters. The molecule has 154 valence electrons. The molecule has 5 nitrogen and oxygen atoms in total. The summed E-state index contributed by atoms with van der Waals surface area (Å²) in [6, 6.07) is 6.51. The molecule has 29 heavy (non-hydrogen) atoms. The van der Waals surface area contributed by atoms with Crippen LogP contribution in [0.25, 0.3) is 0 Å². The average Bonchev–Trinajstić information content (AvgIpc) is 3.23. The van der Waals surface area contributed by atoms with Crippen LogP contribution >= 0.6 is 0 Å². The summed E-state index contributed by atoms with van der Waals surface area (Å²) >= 11 is 0. The maximum absolute atomic E-state index is 13.1. The monoisotopic (exact) mass is 404 g/mol. The number of nitrogens with zero attached hydrogens (tertiary/aromatic N) is 4. The second-order valence-electron chi connectivity index (χ2n) is 7.63. The Kier molecular flexibility index (Phi) is 5.43. The Labute approximate surface area is 167 Å². The van der Waals surface area contributed by atoms with Crippen LogP contribution in [0.15, 0.2) is 42.9 Å². The minimum absolute atomic E-state index is 0.0527. The van der Waals surface area contributed by atoms with Crippen LogP contribution in [0.1, 0.15) is 42.9 Å². The molecule has 0 aliphatic carbocycles. The van der Waals surface area contributed by atoms with E-state index in [-0.39, 0.29) is 17.9 Å². The van der Waals surface area contributed by atoms with Gasteiger partial charge in [0.05, 0.1) is 11.6 Å². The number of aromatic nitrogens is 2. The molecule has 2 aromatic heterocycles. The van der Waals surface area contributed by atoms with Gasteiger partial charge in [0.25, 0.3) is 0 Å². The number of alkyl halides is 3. The SMILES string of the molecule is O=C(C1CCN(c2ccc(C(F)(F)F)cn2)CC1)N1CCC[C@H]1c1ccncc1. The third-order valence-electron chi connectivity index (χ3n) is 5.87. The highest BCUT2D eigenvalue weighted by atomic mass is 19.4. The molecule has 1 amide bonds. The van der Waals surface area contributed by atoms with Gasteiger partial charge < -0.3 is 9.80 Å². The highest BCUT2D eigenvalue weighted by molar-refractivity contribution is 5.80. The first-order chi connectivity index (χ1) is 13.9. The first kappa shape index (κ1) is 19.7. The number of likely N-dealkylation sites (tertiary alicyclic amines) is 1. The zero-order valence-corrected chi connectivity index (χ0v) is 16.0. The minimum Gasteiger partial charge on any atom is -0.357 e. The summed E-state index contributed by atoms with van der Waals surface area (Å²) in [6.45, 7) is 2.00. The fraction of sp³-hybridized carbons (Fsp3) is 0.476. The Morgan fingerprint density at radius 1 is 1.00 bits per heavy atom. The van der Waals surface area contributed by atoms with Crippen molar-refractivity contribution in [1.29, 1.82) is 0 Å². The molecule has 0 bridgehead atoms. The second-order valence-corrected chi connectivity index (χ2v) is 7.63. The Hall–Kier alpha value is -2.64. The van der Waals surface area contributed by atoms with E-state index in [1.807, 2.05) is 21.9 Å². The lowest BCUT2D eigenvalue weighted by atomic mass is 9.94. The van der Waals surface area contributed by atoms with Crippen molar-refractivity contribution in [3.05, 3.63) is 54.0 Å². The Morgan fingerprint density at radius 3 is 2.34 bits per heavy atom. The summed E-state index contributed by atoms with van der Waals surface area (Å²) in [5, 5.41) is 0. The van der Waals surface area contributed by atoms with E-state index in [2.05, 4.69) is 9.97 Å². The third-order valence-corrected chi connectivity index (χ3v) is 5.87. The standard InChI is InChI=1S/C21H23F3N4O/c22-21(23,24)17-3-4-19(26-14-17)27-12-7-16(8-13-27)20(29)28-11-1-2-18(28)15-5-9-25-10-6-15/h3-6,9-10,14,16,18H,1-2,7-8,11-13H2/t18-/m0/s1. The van der Waals surface area contributed by atoms with E-state index in [0.717, 1.165) is 37.2 Å². The number of carbonyl (C=O) groups excluding carboxylic acids is 1. The number of amides is 1. The van der Waals surface area contributed by atoms with E-state index in [1.165, 1.54) is 6.07 Å². The van der Waals surface area contributed by atoms with Gasteiger partial charge in [-0.05, 0) is 55.5 Å². The van der Waals surface area contributed by atoms with Crippen molar-refractivity contribution >= 4 is 11.7 Å². The molecule has 2 aromatic rings. The van der Waals surface area contributed by atoms with Gasteiger partial charge in [-0.25, -0.2) is 4.98 Å². The zero-order valence-electron chi connectivity index (χ0n) is 16.0. The molecule has 0 radical (unpaired) electrons. The number of piperidine rings is 1. The van der Waals surface area contributed by atoms with E-state index in [1.54, 1.807) is 12.4 Å². The van der Waals surface area contributed by atoms with Gasteiger partial charge in [0.2, 0.25) is 5.91 Å². The van der Waals surface area contributed by atoms with E-state index in [9.17, 15) is 18.0 Å². The summed E-state index contributed by atoms with van der Waals surface area (Å²) in [5.41, 5.74) is 0.375. The lowest BCUT2D eigenvalue weighted by molar-refractivity contribution is -0.138. The third kappa shape index (κ3) is 4.21. The van der Waals surface area contributed by atoms with Crippen LogP contribution < -0.4 is 4.90 Å². The fourth-order valence-electron chi connectivity index (χ4n) is 4.29. The maximum Gasteiger partial charge on any atom is 0.417 e.